The molecule has 21 heavy (non-hydrogen) atoms. The Morgan fingerprint density at radius 3 is 2.48 bits per heavy atom. The summed E-state index contributed by atoms with van der Waals surface area (Å²) in [5.41, 5.74) is 0.851. The Balaban J connectivity index is 1.63. The molecule has 0 spiro atoms. The van der Waals surface area contributed by atoms with Crippen LogP contribution in [0.2, 0.25) is 0 Å². The van der Waals surface area contributed by atoms with Gasteiger partial charge in [0, 0.05) is 12.1 Å². The molecule has 2 aliphatic heterocycles. The molecule has 0 saturated carbocycles. The summed E-state index contributed by atoms with van der Waals surface area (Å²) in [4.78, 5) is 14.8. The lowest BCUT2D eigenvalue weighted by Gasteiger charge is -2.35. The summed E-state index contributed by atoms with van der Waals surface area (Å²) in [6.07, 6.45) is 3.61. The number of fused-ring (bicyclic) bond motifs is 2. The van der Waals surface area contributed by atoms with Crippen LogP contribution >= 0.6 is 0 Å². The number of rotatable bonds is 4. The lowest BCUT2D eigenvalue weighted by atomic mass is 9.91. The van der Waals surface area contributed by atoms with E-state index in [0.29, 0.717) is 12.1 Å². The summed E-state index contributed by atoms with van der Waals surface area (Å²) in [7, 11) is 2.16. The molecule has 2 bridgehead atoms. The van der Waals surface area contributed by atoms with E-state index >= 15 is 0 Å². The molecule has 4 heteroatoms. The Morgan fingerprint density at radius 1 is 1.29 bits per heavy atom. The van der Waals surface area contributed by atoms with Gasteiger partial charge in [0.05, 0.1) is 12.5 Å². The SMILES string of the molecule is CN1[C@@H]2CC[C@H]1CC(C(=O)OC(CO)c1ccccc1)C2. The van der Waals surface area contributed by atoms with Gasteiger partial charge < -0.3 is 14.7 Å². The van der Waals surface area contributed by atoms with Crippen molar-refractivity contribution in [3.8, 4) is 0 Å². The van der Waals surface area contributed by atoms with Crippen molar-refractivity contribution in [2.45, 2.75) is 43.9 Å². The van der Waals surface area contributed by atoms with Gasteiger partial charge in [-0.1, -0.05) is 30.3 Å². The van der Waals surface area contributed by atoms with Crippen molar-refractivity contribution >= 4 is 5.97 Å². The van der Waals surface area contributed by atoms with Crippen molar-refractivity contribution < 1.29 is 14.6 Å². The first-order chi connectivity index (χ1) is 10.2. The highest BCUT2D eigenvalue weighted by molar-refractivity contribution is 5.73. The molecule has 2 fully saturated rings. The van der Waals surface area contributed by atoms with Crippen LogP contribution in [0.25, 0.3) is 0 Å². The molecule has 0 radical (unpaired) electrons. The Hall–Kier alpha value is -1.39. The lowest BCUT2D eigenvalue weighted by molar-refractivity contribution is -0.159. The van der Waals surface area contributed by atoms with E-state index in [0.717, 1.165) is 18.4 Å². The fourth-order valence-corrected chi connectivity index (χ4v) is 3.72. The van der Waals surface area contributed by atoms with Crippen LogP contribution in [-0.4, -0.2) is 41.7 Å². The number of carbonyl (C=O) groups is 1. The first-order valence-corrected chi connectivity index (χ1v) is 7.77. The largest absolute Gasteiger partial charge is 0.455 e. The third kappa shape index (κ3) is 2.97. The molecule has 114 valence electrons. The normalized spacial score (nSPS) is 30.1. The minimum absolute atomic E-state index is 0.0172. The van der Waals surface area contributed by atoms with Crippen LogP contribution in [-0.2, 0) is 9.53 Å². The molecule has 4 nitrogen and oxygen atoms in total. The summed E-state index contributed by atoms with van der Waals surface area (Å²) in [6, 6.07) is 10.5. The van der Waals surface area contributed by atoms with Gasteiger partial charge in [0.2, 0.25) is 0 Å². The van der Waals surface area contributed by atoms with Gasteiger partial charge in [0.25, 0.3) is 0 Å². The van der Waals surface area contributed by atoms with Crippen LogP contribution in [0.15, 0.2) is 30.3 Å². The molecule has 1 N–H and O–H groups in total. The highest BCUT2D eigenvalue weighted by Crippen LogP contribution is 2.38. The first-order valence-electron chi connectivity index (χ1n) is 7.77. The van der Waals surface area contributed by atoms with Gasteiger partial charge in [0.1, 0.15) is 6.10 Å². The molecular weight excluding hydrogens is 266 g/mol. The Morgan fingerprint density at radius 2 is 1.90 bits per heavy atom. The minimum atomic E-state index is -0.545. The molecule has 0 amide bonds. The average Bonchev–Trinajstić information content (AvgIpc) is 2.75. The zero-order valence-corrected chi connectivity index (χ0v) is 12.4. The number of esters is 1. The topological polar surface area (TPSA) is 49.8 Å². The lowest BCUT2D eigenvalue weighted by Crippen LogP contribution is -2.42. The highest BCUT2D eigenvalue weighted by Gasteiger charge is 2.41. The number of hydrogen-bond donors (Lipinski definition) is 1. The monoisotopic (exact) mass is 289 g/mol. The predicted molar refractivity (Wildman–Crippen MR) is 79.7 cm³/mol. The molecule has 3 rings (SSSR count). The molecular formula is C17H23NO3. The standard InChI is InChI=1S/C17H23NO3/c1-18-14-7-8-15(18)10-13(9-14)17(20)21-16(11-19)12-5-3-2-4-6-12/h2-6,13-16,19H,7-11H2,1H3/t13?,14-,15+,16?. The van der Waals surface area contributed by atoms with Gasteiger partial charge in [-0.05, 0) is 38.3 Å². The number of hydrogen-bond acceptors (Lipinski definition) is 4. The quantitative estimate of drug-likeness (QED) is 0.863. The number of carbonyl (C=O) groups excluding carboxylic acids is 1. The van der Waals surface area contributed by atoms with Crippen molar-refractivity contribution in [1.29, 1.82) is 0 Å². The molecule has 2 unspecified atom stereocenters. The average molecular weight is 289 g/mol. The number of aliphatic hydroxyl groups excluding tert-OH is 1. The molecule has 4 atom stereocenters. The Bertz CT molecular complexity index is 476. The maximum absolute atomic E-state index is 12.4. The Kier molecular flexibility index (Phi) is 4.27. The number of nitrogens with zero attached hydrogens (tertiary/aromatic N) is 1. The fourth-order valence-electron chi connectivity index (χ4n) is 3.72. The van der Waals surface area contributed by atoms with Gasteiger partial charge >= 0.3 is 5.97 Å². The molecule has 0 aliphatic carbocycles. The third-order valence-corrected chi connectivity index (χ3v) is 5.03. The van der Waals surface area contributed by atoms with Crippen LogP contribution < -0.4 is 0 Å². The molecule has 2 saturated heterocycles. The second-order valence-electron chi connectivity index (χ2n) is 6.24. The van der Waals surface area contributed by atoms with Crippen LogP contribution in [0.1, 0.15) is 37.4 Å². The van der Waals surface area contributed by atoms with E-state index in [-0.39, 0.29) is 18.5 Å². The second kappa shape index (κ2) is 6.16. The van der Waals surface area contributed by atoms with Gasteiger partial charge in [-0.25, -0.2) is 0 Å². The van der Waals surface area contributed by atoms with Crippen molar-refractivity contribution in [2.24, 2.45) is 5.92 Å². The van der Waals surface area contributed by atoms with Gasteiger partial charge in [-0.15, -0.1) is 0 Å². The number of piperidine rings is 1. The molecule has 2 aliphatic rings. The molecule has 0 aromatic heterocycles. The Labute approximate surface area is 125 Å². The number of ether oxygens (including phenoxy) is 1. The van der Waals surface area contributed by atoms with Crippen LogP contribution in [0, 0.1) is 5.92 Å². The highest BCUT2D eigenvalue weighted by atomic mass is 16.6. The summed E-state index contributed by atoms with van der Waals surface area (Å²) in [5, 5.41) is 9.50. The number of benzene rings is 1. The smallest absolute Gasteiger partial charge is 0.309 e. The van der Waals surface area contributed by atoms with Crippen LogP contribution in [0.5, 0.6) is 0 Å². The van der Waals surface area contributed by atoms with Crippen molar-refractivity contribution in [3.63, 3.8) is 0 Å². The van der Waals surface area contributed by atoms with E-state index < -0.39 is 6.10 Å². The van der Waals surface area contributed by atoms with E-state index in [1.165, 1.54) is 12.8 Å². The summed E-state index contributed by atoms with van der Waals surface area (Å²) in [6.45, 7) is -0.171. The molecule has 1 aromatic rings. The van der Waals surface area contributed by atoms with E-state index in [1.807, 2.05) is 30.3 Å². The maximum Gasteiger partial charge on any atom is 0.309 e. The van der Waals surface area contributed by atoms with Gasteiger partial charge in [-0.3, -0.25) is 4.79 Å². The van der Waals surface area contributed by atoms with Crippen LogP contribution in [0.3, 0.4) is 0 Å². The van der Waals surface area contributed by atoms with Crippen molar-refractivity contribution in [2.75, 3.05) is 13.7 Å². The van der Waals surface area contributed by atoms with Gasteiger partial charge in [-0.2, -0.15) is 0 Å². The van der Waals surface area contributed by atoms with Crippen molar-refractivity contribution in [3.05, 3.63) is 35.9 Å². The van der Waals surface area contributed by atoms with E-state index in [2.05, 4.69) is 11.9 Å². The van der Waals surface area contributed by atoms with Crippen molar-refractivity contribution in [1.82, 2.24) is 4.90 Å². The molecule has 2 heterocycles. The van der Waals surface area contributed by atoms with E-state index in [1.54, 1.807) is 0 Å². The fraction of sp³-hybridized carbons (Fsp3) is 0.588. The third-order valence-electron chi connectivity index (χ3n) is 5.03. The van der Waals surface area contributed by atoms with E-state index in [9.17, 15) is 9.90 Å². The predicted octanol–water partition coefficient (Wildman–Crippen LogP) is 2.14. The minimum Gasteiger partial charge on any atom is -0.455 e. The molecule has 1 aromatic carbocycles. The van der Waals surface area contributed by atoms with Gasteiger partial charge in [0.15, 0.2) is 0 Å². The zero-order valence-electron chi connectivity index (χ0n) is 12.4. The van der Waals surface area contributed by atoms with Crippen LogP contribution in [0.4, 0.5) is 0 Å². The first kappa shape index (κ1) is 14.5. The summed E-state index contributed by atoms with van der Waals surface area (Å²) >= 11 is 0. The summed E-state index contributed by atoms with van der Waals surface area (Å²) < 4.78 is 5.58. The summed E-state index contributed by atoms with van der Waals surface area (Å²) in [5.74, 6) is -0.167. The number of aliphatic hydroxyl groups is 1. The van der Waals surface area contributed by atoms with E-state index in [4.69, 9.17) is 4.74 Å². The zero-order chi connectivity index (χ0) is 14.8. The second-order valence-corrected chi connectivity index (χ2v) is 6.24. The maximum atomic E-state index is 12.4.